The Morgan fingerprint density at radius 2 is 2.33 bits per heavy atom. The highest BCUT2D eigenvalue weighted by molar-refractivity contribution is 5.42. The van der Waals surface area contributed by atoms with E-state index >= 15 is 0 Å². The van der Waals surface area contributed by atoms with E-state index in [1.165, 1.54) is 23.5 Å². The molecule has 1 aromatic rings. The minimum atomic E-state index is -0.0579. The number of pyridine rings is 1. The molecule has 1 aromatic heterocycles. The van der Waals surface area contributed by atoms with Crippen LogP contribution in [0.3, 0.4) is 0 Å². The van der Waals surface area contributed by atoms with Gasteiger partial charge in [0, 0.05) is 12.3 Å². The molecule has 0 atom stereocenters. The van der Waals surface area contributed by atoms with Gasteiger partial charge in [0.2, 0.25) is 0 Å². The van der Waals surface area contributed by atoms with Gasteiger partial charge >= 0.3 is 0 Å². The fourth-order valence-corrected chi connectivity index (χ4v) is 1.39. The Bertz CT molecular complexity index is 408. The van der Waals surface area contributed by atoms with Gasteiger partial charge in [-0.1, -0.05) is 0 Å². The molecule has 0 saturated heterocycles. The Morgan fingerprint density at radius 1 is 1.60 bits per heavy atom. The van der Waals surface area contributed by atoms with Crippen LogP contribution in [-0.2, 0) is 11.5 Å². The lowest BCUT2D eigenvalue weighted by Crippen LogP contribution is -2.21. The van der Waals surface area contributed by atoms with Gasteiger partial charge in [0.05, 0.1) is 12.3 Å². The average molecular weight is 208 g/mol. The van der Waals surface area contributed by atoms with Crippen molar-refractivity contribution in [1.29, 1.82) is 0 Å². The van der Waals surface area contributed by atoms with E-state index in [1.54, 1.807) is 6.20 Å². The summed E-state index contributed by atoms with van der Waals surface area (Å²) in [5, 5.41) is 0. The first-order valence-electron chi connectivity index (χ1n) is 5.21. The molecule has 1 fully saturated rings. The van der Waals surface area contributed by atoms with Crippen molar-refractivity contribution in [1.82, 2.24) is 4.57 Å². The first-order chi connectivity index (χ1) is 7.16. The van der Waals surface area contributed by atoms with Crippen molar-refractivity contribution in [3.05, 3.63) is 28.2 Å². The van der Waals surface area contributed by atoms with Crippen LogP contribution in [0.25, 0.3) is 0 Å². The van der Waals surface area contributed by atoms with Crippen LogP contribution in [-0.4, -0.2) is 11.2 Å². The summed E-state index contributed by atoms with van der Waals surface area (Å²) in [5.41, 5.74) is 7.11. The van der Waals surface area contributed by atoms with Crippen LogP contribution in [0.15, 0.2) is 17.1 Å². The topological polar surface area (TPSA) is 57.2 Å². The maximum atomic E-state index is 11.5. The maximum Gasteiger partial charge on any atom is 0.252 e. The van der Waals surface area contributed by atoms with Crippen LogP contribution in [0.4, 0.5) is 5.69 Å². The largest absolute Gasteiger partial charge is 0.397 e. The number of hydrogen-bond donors (Lipinski definition) is 1. The van der Waals surface area contributed by atoms with Crippen molar-refractivity contribution in [2.24, 2.45) is 5.92 Å². The van der Waals surface area contributed by atoms with Crippen LogP contribution < -0.4 is 11.3 Å². The molecular weight excluding hydrogens is 192 g/mol. The van der Waals surface area contributed by atoms with E-state index in [1.807, 2.05) is 6.92 Å². The monoisotopic (exact) mass is 208 g/mol. The van der Waals surface area contributed by atoms with Gasteiger partial charge in [-0.3, -0.25) is 9.36 Å². The zero-order valence-electron chi connectivity index (χ0n) is 8.90. The molecular formula is C11H16N2O2. The predicted molar refractivity (Wildman–Crippen MR) is 58.5 cm³/mol. The quantitative estimate of drug-likeness (QED) is 0.806. The lowest BCUT2D eigenvalue weighted by Gasteiger charge is -2.08. The highest BCUT2D eigenvalue weighted by Gasteiger charge is 2.21. The van der Waals surface area contributed by atoms with Crippen LogP contribution in [0.5, 0.6) is 0 Å². The number of nitrogens with zero attached hydrogens (tertiary/aromatic N) is 1. The Morgan fingerprint density at radius 3 is 3.00 bits per heavy atom. The van der Waals surface area contributed by atoms with Gasteiger partial charge in [0.15, 0.2) is 0 Å². The van der Waals surface area contributed by atoms with Gasteiger partial charge in [0.1, 0.15) is 6.73 Å². The number of ether oxygens (including phenoxy) is 1. The standard InChI is InChI=1S/C11H16N2O2/c1-8-4-11(14)13(5-10(8)12)7-15-6-9-2-3-9/h4-5,9H,2-3,6-7,12H2,1H3. The smallest absolute Gasteiger partial charge is 0.252 e. The zero-order valence-corrected chi connectivity index (χ0v) is 8.90. The number of rotatable bonds is 4. The molecule has 82 valence electrons. The molecule has 0 unspecified atom stereocenters. The molecule has 1 saturated carbocycles. The van der Waals surface area contributed by atoms with E-state index in [-0.39, 0.29) is 5.56 Å². The molecule has 0 aliphatic heterocycles. The second kappa shape index (κ2) is 4.06. The van der Waals surface area contributed by atoms with Crippen molar-refractivity contribution >= 4 is 5.69 Å². The van der Waals surface area contributed by atoms with Crippen molar-refractivity contribution in [2.45, 2.75) is 26.5 Å². The zero-order chi connectivity index (χ0) is 10.8. The number of aromatic nitrogens is 1. The molecule has 1 heterocycles. The fourth-order valence-electron chi connectivity index (χ4n) is 1.39. The molecule has 0 amide bonds. The molecule has 0 radical (unpaired) electrons. The summed E-state index contributed by atoms with van der Waals surface area (Å²) in [4.78, 5) is 11.5. The van der Waals surface area contributed by atoms with Gasteiger partial charge in [-0.15, -0.1) is 0 Å². The Balaban J connectivity index is 2.00. The average Bonchev–Trinajstić information content (AvgIpc) is 2.97. The third kappa shape index (κ3) is 2.59. The Hall–Kier alpha value is -1.29. The number of anilines is 1. The number of nitrogen functional groups attached to an aromatic ring is 1. The molecule has 2 rings (SSSR count). The predicted octanol–water partition coefficient (Wildman–Crippen LogP) is 1.12. The van der Waals surface area contributed by atoms with E-state index in [0.29, 0.717) is 18.3 Å². The molecule has 0 bridgehead atoms. The van der Waals surface area contributed by atoms with Crippen LogP contribution in [0.2, 0.25) is 0 Å². The van der Waals surface area contributed by atoms with Gasteiger partial charge < -0.3 is 10.5 Å². The van der Waals surface area contributed by atoms with Gasteiger partial charge in [-0.05, 0) is 31.2 Å². The van der Waals surface area contributed by atoms with E-state index in [0.717, 1.165) is 12.2 Å². The summed E-state index contributed by atoms with van der Waals surface area (Å²) >= 11 is 0. The summed E-state index contributed by atoms with van der Waals surface area (Å²) in [6.45, 7) is 2.88. The highest BCUT2D eigenvalue weighted by atomic mass is 16.5. The summed E-state index contributed by atoms with van der Waals surface area (Å²) in [5.74, 6) is 0.712. The minimum Gasteiger partial charge on any atom is -0.397 e. The summed E-state index contributed by atoms with van der Waals surface area (Å²) in [6.07, 6.45) is 4.15. The fraction of sp³-hybridized carbons (Fsp3) is 0.545. The van der Waals surface area contributed by atoms with E-state index in [4.69, 9.17) is 10.5 Å². The molecule has 1 aliphatic carbocycles. The molecule has 4 nitrogen and oxygen atoms in total. The van der Waals surface area contributed by atoms with Gasteiger partial charge in [-0.2, -0.15) is 0 Å². The lowest BCUT2D eigenvalue weighted by molar-refractivity contribution is 0.0669. The van der Waals surface area contributed by atoms with Crippen molar-refractivity contribution < 1.29 is 4.74 Å². The van der Waals surface area contributed by atoms with E-state index in [9.17, 15) is 4.79 Å². The van der Waals surface area contributed by atoms with E-state index < -0.39 is 0 Å². The van der Waals surface area contributed by atoms with E-state index in [2.05, 4.69) is 0 Å². The van der Waals surface area contributed by atoms with Gasteiger partial charge in [-0.25, -0.2) is 0 Å². The molecule has 0 aromatic carbocycles. The lowest BCUT2D eigenvalue weighted by atomic mass is 10.2. The third-order valence-corrected chi connectivity index (χ3v) is 2.65. The number of hydrogen-bond acceptors (Lipinski definition) is 3. The van der Waals surface area contributed by atoms with Crippen LogP contribution in [0, 0.1) is 12.8 Å². The summed E-state index contributed by atoms with van der Waals surface area (Å²) in [7, 11) is 0. The van der Waals surface area contributed by atoms with Gasteiger partial charge in [0.25, 0.3) is 5.56 Å². The molecule has 1 aliphatic rings. The molecule has 15 heavy (non-hydrogen) atoms. The minimum absolute atomic E-state index is 0.0579. The maximum absolute atomic E-state index is 11.5. The first-order valence-corrected chi connectivity index (χ1v) is 5.21. The Kier molecular flexibility index (Phi) is 2.77. The molecule has 4 heteroatoms. The van der Waals surface area contributed by atoms with Crippen molar-refractivity contribution in [3.63, 3.8) is 0 Å². The summed E-state index contributed by atoms with van der Waals surface area (Å²) < 4.78 is 6.93. The van der Waals surface area contributed by atoms with Crippen molar-refractivity contribution in [3.8, 4) is 0 Å². The number of aryl methyl sites for hydroxylation is 1. The second-order valence-electron chi connectivity index (χ2n) is 4.16. The number of nitrogens with two attached hydrogens (primary N) is 1. The Labute approximate surface area is 88.7 Å². The highest BCUT2D eigenvalue weighted by Crippen LogP contribution is 2.28. The second-order valence-corrected chi connectivity index (χ2v) is 4.16. The molecule has 0 spiro atoms. The third-order valence-electron chi connectivity index (χ3n) is 2.65. The molecule has 2 N–H and O–H groups in total. The van der Waals surface area contributed by atoms with Crippen LogP contribution in [0.1, 0.15) is 18.4 Å². The SMILES string of the molecule is Cc1cc(=O)n(COCC2CC2)cc1N. The summed E-state index contributed by atoms with van der Waals surface area (Å²) in [6, 6.07) is 1.54. The normalized spacial score (nSPS) is 15.5. The first kappa shape index (κ1) is 10.2. The van der Waals surface area contributed by atoms with Crippen LogP contribution >= 0.6 is 0 Å². The van der Waals surface area contributed by atoms with Crippen molar-refractivity contribution in [2.75, 3.05) is 12.3 Å².